The van der Waals surface area contributed by atoms with Crippen LogP contribution in [-0.2, 0) is 0 Å². The minimum absolute atomic E-state index is 0.0253. The fourth-order valence-electron chi connectivity index (χ4n) is 2.97. The lowest BCUT2D eigenvalue weighted by Crippen LogP contribution is -2.27. The molecule has 0 heterocycles. The summed E-state index contributed by atoms with van der Waals surface area (Å²) in [6.45, 7) is 11.8. The van der Waals surface area contributed by atoms with Crippen molar-refractivity contribution in [3.63, 3.8) is 0 Å². The number of hydrogen-bond acceptors (Lipinski definition) is 1. The first-order valence-corrected chi connectivity index (χ1v) is 7.51. The van der Waals surface area contributed by atoms with Crippen LogP contribution in [-0.4, -0.2) is 12.5 Å². The molecule has 0 spiro atoms. The van der Waals surface area contributed by atoms with Gasteiger partial charge in [-0.15, -0.1) is 0 Å². The van der Waals surface area contributed by atoms with Crippen LogP contribution in [0.5, 0.6) is 0 Å². The molecule has 104 valence electrons. The van der Waals surface area contributed by atoms with E-state index >= 15 is 0 Å². The Kier molecular flexibility index (Phi) is 3.54. The van der Waals surface area contributed by atoms with Crippen LogP contribution < -0.4 is 5.32 Å². The van der Waals surface area contributed by atoms with Crippen molar-refractivity contribution in [3.05, 3.63) is 33.8 Å². The van der Waals surface area contributed by atoms with Crippen molar-refractivity contribution < 1.29 is 4.79 Å². The fraction of sp³-hybridized carbons (Fsp3) is 0.562. The van der Waals surface area contributed by atoms with Gasteiger partial charge >= 0.3 is 0 Å². The van der Waals surface area contributed by atoms with E-state index < -0.39 is 0 Å². The van der Waals surface area contributed by atoms with Crippen LogP contribution in [0.15, 0.2) is 22.7 Å². The molecule has 0 aromatic heterocycles. The molecule has 1 aliphatic carbocycles. The predicted octanol–water partition coefficient (Wildman–Crippen LogP) is 4.17. The molecular weight excluding hydrogens is 302 g/mol. The van der Waals surface area contributed by atoms with Gasteiger partial charge in [0.15, 0.2) is 0 Å². The van der Waals surface area contributed by atoms with E-state index in [-0.39, 0.29) is 5.91 Å². The zero-order valence-electron chi connectivity index (χ0n) is 12.3. The Bertz CT molecular complexity index is 505. The second-order valence-corrected chi connectivity index (χ2v) is 7.58. The van der Waals surface area contributed by atoms with Crippen LogP contribution >= 0.6 is 15.9 Å². The minimum Gasteiger partial charge on any atom is -0.352 e. The number of carbonyl (C=O) groups is 1. The Hall–Kier alpha value is -0.830. The molecule has 0 bridgehead atoms. The summed E-state index contributed by atoms with van der Waals surface area (Å²) in [6.07, 6.45) is 0. The second kappa shape index (κ2) is 4.62. The van der Waals surface area contributed by atoms with Gasteiger partial charge in [0.2, 0.25) is 0 Å². The maximum absolute atomic E-state index is 12.2. The summed E-state index contributed by atoms with van der Waals surface area (Å²) in [7, 11) is 0. The smallest absolute Gasteiger partial charge is 0.251 e. The molecule has 1 amide bonds. The van der Waals surface area contributed by atoms with Crippen molar-refractivity contribution in [2.24, 2.45) is 16.7 Å². The molecule has 1 aliphatic rings. The van der Waals surface area contributed by atoms with E-state index in [1.165, 1.54) is 0 Å². The molecule has 0 atom stereocenters. The van der Waals surface area contributed by atoms with Crippen molar-refractivity contribution >= 4 is 21.8 Å². The number of halogens is 1. The van der Waals surface area contributed by atoms with Crippen molar-refractivity contribution in [2.45, 2.75) is 34.6 Å². The second-order valence-electron chi connectivity index (χ2n) is 6.67. The van der Waals surface area contributed by atoms with Gasteiger partial charge in [-0.05, 0) is 41.4 Å². The summed E-state index contributed by atoms with van der Waals surface area (Å²) >= 11 is 3.41. The monoisotopic (exact) mass is 323 g/mol. The van der Waals surface area contributed by atoms with Crippen molar-refractivity contribution in [1.82, 2.24) is 5.32 Å². The van der Waals surface area contributed by atoms with Crippen molar-refractivity contribution in [2.75, 3.05) is 6.54 Å². The molecule has 0 saturated heterocycles. The maximum atomic E-state index is 12.2. The lowest BCUT2D eigenvalue weighted by Gasteiger charge is -2.09. The van der Waals surface area contributed by atoms with Crippen LogP contribution in [0.25, 0.3) is 0 Å². The summed E-state index contributed by atoms with van der Waals surface area (Å²) in [4.78, 5) is 12.2. The van der Waals surface area contributed by atoms with E-state index in [2.05, 4.69) is 48.9 Å². The summed E-state index contributed by atoms with van der Waals surface area (Å²) in [6, 6.07) is 5.80. The lowest BCUT2D eigenvalue weighted by molar-refractivity contribution is 0.0949. The van der Waals surface area contributed by atoms with E-state index in [1.807, 2.05) is 25.1 Å². The number of carbonyl (C=O) groups excluding carboxylic acids is 1. The zero-order chi connectivity index (χ0) is 14.4. The number of amides is 1. The van der Waals surface area contributed by atoms with Crippen molar-refractivity contribution in [3.8, 4) is 0 Å². The first-order valence-electron chi connectivity index (χ1n) is 6.72. The third-order valence-electron chi connectivity index (χ3n) is 5.23. The van der Waals surface area contributed by atoms with Crippen LogP contribution in [0.1, 0.15) is 43.6 Å². The van der Waals surface area contributed by atoms with E-state index in [9.17, 15) is 4.79 Å². The molecule has 1 saturated carbocycles. The van der Waals surface area contributed by atoms with Gasteiger partial charge in [-0.25, -0.2) is 0 Å². The Morgan fingerprint density at radius 3 is 2.37 bits per heavy atom. The van der Waals surface area contributed by atoms with Crippen LogP contribution in [0.4, 0.5) is 0 Å². The third kappa shape index (κ3) is 2.45. The highest BCUT2D eigenvalue weighted by Crippen LogP contribution is 2.67. The van der Waals surface area contributed by atoms with Gasteiger partial charge in [-0.3, -0.25) is 4.79 Å². The molecular formula is C16H22BrNO. The van der Waals surface area contributed by atoms with Gasteiger partial charge in [-0.2, -0.15) is 0 Å². The first-order chi connectivity index (χ1) is 8.68. The number of benzene rings is 1. The van der Waals surface area contributed by atoms with E-state index in [4.69, 9.17) is 0 Å². The average molecular weight is 324 g/mol. The number of nitrogens with one attached hydrogen (secondary N) is 1. The number of aryl methyl sites for hydroxylation is 1. The lowest BCUT2D eigenvalue weighted by atomic mass is 10.0. The number of hydrogen-bond donors (Lipinski definition) is 1. The van der Waals surface area contributed by atoms with Gasteiger partial charge in [0.25, 0.3) is 5.91 Å². The molecule has 1 aromatic rings. The standard InChI is InChI=1S/C16H22BrNO/c1-10-6-7-11(17)8-12(10)14(19)18-9-13-15(2,3)16(13,4)5/h6-8,13H,9H2,1-5H3,(H,18,19). The number of rotatable bonds is 3. The largest absolute Gasteiger partial charge is 0.352 e. The SMILES string of the molecule is Cc1ccc(Br)cc1C(=O)NCC1C(C)(C)C1(C)C. The molecule has 0 aliphatic heterocycles. The van der Waals surface area contributed by atoms with Crippen molar-refractivity contribution in [1.29, 1.82) is 0 Å². The molecule has 2 nitrogen and oxygen atoms in total. The van der Waals surface area contributed by atoms with Gasteiger partial charge in [0.1, 0.15) is 0 Å². The van der Waals surface area contributed by atoms with Gasteiger partial charge in [0, 0.05) is 16.6 Å². The van der Waals surface area contributed by atoms with Gasteiger partial charge in [-0.1, -0.05) is 49.7 Å². The maximum Gasteiger partial charge on any atom is 0.251 e. The van der Waals surface area contributed by atoms with Crippen LogP contribution in [0.3, 0.4) is 0 Å². The summed E-state index contributed by atoms with van der Waals surface area (Å²) in [5.74, 6) is 0.578. The van der Waals surface area contributed by atoms with E-state index in [0.29, 0.717) is 16.7 Å². The summed E-state index contributed by atoms with van der Waals surface area (Å²) < 4.78 is 0.940. The van der Waals surface area contributed by atoms with Gasteiger partial charge < -0.3 is 5.32 Å². The highest BCUT2D eigenvalue weighted by Gasteiger charge is 2.64. The molecule has 3 heteroatoms. The Morgan fingerprint density at radius 1 is 1.26 bits per heavy atom. The molecule has 1 aromatic carbocycles. The first kappa shape index (κ1) is 14.6. The Morgan fingerprint density at radius 2 is 1.84 bits per heavy atom. The minimum atomic E-state index is 0.0253. The van der Waals surface area contributed by atoms with E-state index in [0.717, 1.165) is 22.1 Å². The summed E-state index contributed by atoms with van der Waals surface area (Å²) in [5, 5.41) is 3.08. The Balaban J connectivity index is 2.02. The molecule has 2 rings (SSSR count). The quantitative estimate of drug-likeness (QED) is 0.888. The van der Waals surface area contributed by atoms with Gasteiger partial charge in [0.05, 0.1) is 0 Å². The normalized spacial score (nSPS) is 20.1. The third-order valence-corrected chi connectivity index (χ3v) is 5.72. The highest BCUT2D eigenvalue weighted by molar-refractivity contribution is 9.10. The average Bonchev–Trinajstić information content (AvgIpc) is 2.70. The molecule has 19 heavy (non-hydrogen) atoms. The van der Waals surface area contributed by atoms with Crippen LogP contribution in [0, 0.1) is 23.7 Å². The molecule has 0 unspecified atom stereocenters. The predicted molar refractivity (Wildman–Crippen MR) is 82.3 cm³/mol. The van der Waals surface area contributed by atoms with Crippen LogP contribution in [0.2, 0.25) is 0 Å². The Labute approximate surface area is 124 Å². The highest BCUT2D eigenvalue weighted by atomic mass is 79.9. The zero-order valence-corrected chi connectivity index (χ0v) is 13.9. The summed E-state index contributed by atoms with van der Waals surface area (Å²) in [5.41, 5.74) is 2.39. The molecule has 1 fully saturated rings. The fourth-order valence-corrected chi connectivity index (χ4v) is 3.33. The molecule has 0 radical (unpaired) electrons. The molecule has 1 N–H and O–H groups in total. The van der Waals surface area contributed by atoms with E-state index in [1.54, 1.807) is 0 Å². The topological polar surface area (TPSA) is 29.1 Å².